The van der Waals surface area contributed by atoms with Crippen LogP contribution in [0.2, 0.25) is 0 Å². The first-order chi connectivity index (χ1) is 15.1. The van der Waals surface area contributed by atoms with Gasteiger partial charge in [-0.15, -0.1) is 0 Å². The van der Waals surface area contributed by atoms with Crippen LogP contribution in [0.5, 0.6) is 5.88 Å². The molecule has 0 aromatic carbocycles. The van der Waals surface area contributed by atoms with Gasteiger partial charge in [-0.05, 0) is 44.5 Å². The largest absolute Gasteiger partial charge is 0.475 e. The Bertz CT molecular complexity index is 1080. The zero-order valence-corrected chi connectivity index (χ0v) is 18.8. The van der Waals surface area contributed by atoms with Crippen LogP contribution >= 0.6 is 0 Å². The van der Waals surface area contributed by atoms with Crippen molar-refractivity contribution in [3.8, 4) is 17.3 Å². The van der Waals surface area contributed by atoms with Crippen LogP contribution in [0.15, 0.2) is 42.9 Å². The van der Waals surface area contributed by atoms with E-state index in [1.165, 1.54) is 12.1 Å². The quantitative estimate of drug-likeness (QED) is 0.521. The summed E-state index contributed by atoms with van der Waals surface area (Å²) in [5, 5.41) is 4.38. The lowest BCUT2D eigenvalue weighted by Crippen LogP contribution is -2.42. The third-order valence-electron chi connectivity index (χ3n) is 5.06. The molecule has 0 aliphatic carbocycles. The summed E-state index contributed by atoms with van der Waals surface area (Å²) < 4.78 is 34.0. The molecule has 0 N–H and O–H groups in total. The molecule has 0 bridgehead atoms. The fourth-order valence-electron chi connectivity index (χ4n) is 3.31. The van der Waals surface area contributed by atoms with Gasteiger partial charge < -0.3 is 9.64 Å². The average Bonchev–Trinajstić information content (AvgIpc) is 3.18. The van der Waals surface area contributed by atoms with Gasteiger partial charge in [0.15, 0.2) is 0 Å². The maximum Gasteiger partial charge on any atom is 0.272 e. The fraction of sp³-hybridized carbons (Fsp3) is 0.391. The summed E-state index contributed by atoms with van der Waals surface area (Å²) in [5.41, 5.74) is 2.28. The lowest BCUT2D eigenvalue weighted by molar-refractivity contribution is 0.0169. The second-order valence-electron chi connectivity index (χ2n) is 7.81. The molecule has 0 unspecified atom stereocenters. The number of carbonyl (C=O) groups excluding carboxylic acids is 1. The number of aromatic nitrogens is 4. The van der Waals surface area contributed by atoms with Crippen molar-refractivity contribution in [1.29, 1.82) is 0 Å². The Balaban J connectivity index is 1.76. The van der Waals surface area contributed by atoms with Gasteiger partial charge in [0, 0.05) is 50.7 Å². The molecule has 3 aromatic rings. The van der Waals surface area contributed by atoms with Crippen molar-refractivity contribution in [2.24, 2.45) is 7.05 Å². The van der Waals surface area contributed by atoms with E-state index in [4.69, 9.17) is 4.74 Å². The zero-order chi connectivity index (χ0) is 23.5. The maximum absolute atomic E-state index is 13.4. The summed E-state index contributed by atoms with van der Waals surface area (Å²) in [5.74, 6) is -2.92. The summed E-state index contributed by atoms with van der Waals surface area (Å²) in [7, 11) is 1.80. The highest BCUT2D eigenvalue weighted by molar-refractivity contribution is 5.99. The van der Waals surface area contributed by atoms with Crippen molar-refractivity contribution in [3.63, 3.8) is 0 Å². The first-order valence-corrected chi connectivity index (χ1v) is 10.3. The van der Waals surface area contributed by atoms with Gasteiger partial charge in [-0.2, -0.15) is 5.10 Å². The smallest absolute Gasteiger partial charge is 0.272 e. The average molecular weight is 443 g/mol. The van der Waals surface area contributed by atoms with E-state index >= 15 is 0 Å². The number of amides is 1. The molecule has 9 heteroatoms. The fourth-order valence-corrected chi connectivity index (χ4v) is 3.31. The Hall–Kier alpha value is -3.36. The van der Waals surface area contributed by atoms with Gasteiger partial charge in [-0.3, -0.25) is 14.5 Å². The third-order valence-corrected chi connectivity index (χ3v) is 5.06. The van der Waals surface area contributed by atoms with Crippen molar-refractivity contribution in [2.45, 2.75) is 39.7 Å². The molecule has 0 fully saturated rings. The number of pyridine rings is 2. The van der Waals surface area contributed by atoms with Crippen LogP contribution in [0, 0.1) is 6.92 Å². The van der Waals surface area contributed by atoms with E-state index in [0.29, 0.717) is 23.5 Å². The number of halogens is 2. The zero-order valence-electron chi connectivity index (χ0n) is 18.8. The van der Waals surface area contributed by atoms with Crippen molar-refractivity contribution in [1.82, 2.24) is 24.6 Å². The number of rotatable bonds is 8. The van der Waals surface area contributed by atoms with Crippen molar-refractivity contribution >= 4 is 5.91 Å². The van der Waals surface area contributed by atoms with Gasteiger partial charge >= 0.3 is 0 Å². The van der Waals surface area contributed by atoms with Crippen molar-refractivity contribution < 1.29 is 18.3 Å². The predicted octanol–water partition coefficient (Wildman–Crippen LogP) is 4.23. The number of carbonyl (C=O) groups is 1. The molecule has 32 heavy (non-hydrogen) atoms. The molecule has 170 valence electrons. The topological polar surface area (TPSA) is 73.1 Å². The van der Waals surface area contributed by atoms with E-state index in [1.54, 1.807) is 35.1 Å². The second kappa shape index (κ2) is 9.42. The molecule has 1 amide bonds. The Morgan fingerprint density at radius 2 is 2.00 bits per heavy atom. The van der Waals surface area contributed by atoms with Gasteiger partial charge in [0.2, 0.25) is 5.88 Å². The highest BCUT2D eigenvalue weighted by Gasteiger charge is 2.26. The minimum atomic E-state index is -2.96. The molecule has 0 aliphatic rings. The molecule has 0 saturated carbocycles. The van der Waals surface area contributed by atoms with Crippen LogP contribution in [-0.2, 0) is 13.0 Å². The maximum atomic E-state index is 13.4. The van der Waals surface area contributed by atoms with Gasteiger partial charge in [0.05, 0.1) is 11.6 Å². The molecule has 3 aromatic heterocycles. The summed E-state index contributed by atoms with van der Waals surface area (Å²) in [6.45, 7) is 7.05. The van der Waals surface area contributed by atoms with Crippen molar-refractivity contribution in [3.05, 3.63) is 59.5 Å². The Morgan fingerprint density at radius 1 is 1.25 bits per heavy atom. The minimum absolute atomic E-state index is 0.159. The van der Waals surface area contributed by atoms with Gasteiger partial charge in [-0.1, -0.05) is 0 Å². The molecular weight excluding hydrogens is 416 g/mol. The minimum Gasteiger partial charge on any atom is -0.475 e. The lowest BCUT2D eigenvalue weighted by Gasteiger charge is -2.28. The Kier molecular flexibility index (Phi) is 6.86. The van der Waals surface area contributed by atoms with E-state index in [1.807, 2.05) is 26.8 Å². The lowest BCUT2D eigenvalue weighted by atomic mass is 10.1. The summed E-state index contributed by atoms with van der Waals surface area (Å²) in [6, 6.07) is 6.01. The molecule has 1 atom stereocenters. The predicted molar refractivity (Wildman–Crippen MR) is 117 cm³/mol. The van der Waals surface area contributed by atoms with E-state index in [2.05, 4.69) is 15.1 Å². The van der Waals surface area contributed by atoms with Crippen LogP contribution in [0.3, 0.4) is 0 Å². The standard InChI is InChI=1S/C23H27F2N5O2/c1-6-30(16(3)14-32-20-8-7-17(13-26-20)23(4,24)25)22(31)18-11-15(2)12-27-21(18)19-9-10-29(5)28-19/h7-13,16H,6,14H2,1-5H3/t16-/m0/s1. The van der Waals surface area contributed by atoms with E-state index in [-0.39, 0.29) is 30.0 Å². The van der Waals surface area contributed by atoms with Gasteiger partial charge in [0.25, 0.3) is 11.8 Å². The Labute approximate surface area is 186 Å². The number of nitrogens with zero attached hydrogens (tertiary/aromatic N) is 5. The number of hydrogen-bond donors (Lipinski definition) is 0. The molecule has 0 saturated heterocycles. The Morgan fingerprint density at radius 3 is 2.56 bits per heavy atom. The molecule has 3 heterocycles. The van der Waals surface area contributed by atoms with E-state index < -0.39 is 5.92 Å². The third kappa shape index (κ3) is 5.27. The molecule has 0 radical (unpaired) electrons. The molecule has 0 spiro atoms. The number of alkyl halides is 2. The number of likely N-dealkylation sites (N-methyl/N-ethyl adjacent to an activating group) is 1. The molecular formula is C23H27F2N5O2. The van der Waals surface area contributed by atoms with Crippen LogP contribution in [-0.4, -0.2) is 49.7 Å². The second-order valence-corrected chi connectivity index (χ2v) is 7.81. The number of hydrogen-bond acceptors (Lipinski definition) is 5. The van der Waals surface area contributed by atoms with Gasteiger partial charge in [-0.25, -0.2) is 13.8 Å². The SMILES string of the molecule is CCN(C(=O)c1cc(C)cnc1-c1ccn(C)n1)[C@@H](C)COc1ccc(C(C)(F)F)cn1. The van der Waals surface area contributed by atoms with Crippen LogP contribution in [0.1, 0.15) is 42.3 Å². The summed E-state index contributed by atoms with van der Waals surface area (Å²) in [6.07, 6.45) is 4.60. The molecule has 0 aliphatic heterocycles. The summed E-state index contributed by atoms with van der Waals surface area (Å²) >= 11 is 0. The van der Waals surface area contributed by atoms with Crippen LogP contribution in [0.4, 0.5) is 8.78 Å². The van der Waals surface area contributed by atoms with Crippen molar-refractivity contribution in [2.75, 3.05) is 13.2 Å². The number of aryl methyl sites for hydroxylation is 2. The molecule has 7 nitrogen and oxygen atoms in total. The van der Waals surface area contributed by atoms with E-state index in [9.17, 15) is 13.6 Å². The first kappa shape index (κ1) is 23.3. The van der Waals surface area contributed by atoms with Crippen LogP contribution in [0.25, 0.3) is 11.4 Å². The number of ether oxygens (including phenoxy) is 1. The first-order valence-electron chi connectivity index (χ1n) is 10.3. The normalized spacial score (nSPS) is 12.5. The molecule has 3 rings (SSSR count). The van der Waals surface area contributed by atoms with E-state index in [0.717, 1.165) is 18.7 Å². The monoisotopic (exact) mass is 443 g/mol. The van der Waals surface area contributed by atoms with Gasteiger partial charge in [0.1, 0.15) is 18.0 Å². The highest BCUT2D eigenvalue weighted by atomic mass is 19.3. The highest BCUT2D eigenvalue weighted by Crippen LogP contribution is 2.27. The van der Waals surface area contributed by atoms with Crippen LogP contribution < -0.4 is 4.74 Å². The summed E-state index contributed by atoms with van der Waals surface area (Å²) in [4.78, 5) is 23.5.